The van der Waals surface area contributed by atoms with E-state index in [1.807, 2.05) is 0 Å². The lowest BCUT2D eigenvalue weighted by Crippen LogP contribution is -2.65. The van der Waals surface area contributed by atoms with Gasteiger partial charge in [0.1, 0.15) is 16.5 Å². The van der Waals surface area contributed by atoms with Crippen molar-refractivity contribution in [1.82, 2.24) is 4.14 Å². The van der Waals surface area contributed by atoms with Gasteiger partial charge in [-0.05, 0) is 20.2 Å². The van der Waals surface area contributed by atoms with Crippen LogP contribution < -0.4 is 0 Å². The van der Waals surface area contributed by atoms with Crippen LogP contribution in [0.15, 0.2) is 23.2 Å². The second-order valence-electron chi connectivity index (χ2n) is 7.38. The first kappa shape index (κ1) is 15.0. The molecule has 1 nitrogen and oxygen atoms in total. The quantitative estimate of drug-likeness (QED) is 0.684. The van der Waals surface area contributed by atoms with Gasteiger partial charge < -0.3 is 4.14 Å². The van der Waals surface area contributed by atoms with Gasteiger partial charge in [-0.2, -0.15) is 0 Å². The van der Waals surface area contributed by atoms with Crippen molar-refractivity contribution in [2.45, 2.75) is 59.4 Å². The lowest BCUT2D eigenvalue weighted by Gasteiger charge is -2.48. The Balaban J connectivity index is 3.07. The van der Waals surface area contributed by atoms with Gasteiger partial charge in [0.25, 0.3) is 0 Å². The molecule has 0 saturated carbocycles. The zero-order chi connectivity index (χ0) is 13.4. The average Bonchev–Trinajstić information content (AvgIpc) is 1.93. The predicted octanol–water partition coefficient (Wildman–Crippen LogP) is 4.40. The molecule has 0 amide bonds. The van der Waals surface area contributed by atoms with Gasteiger partial charge in [-0.3, -0.25) is 0 Å². The Morgan fingerprint density at radius 1 is 1.00 bits per heavy atom. The van der Waals surface area contributed by atoms with Crippen LogP contribution in [-0.2, 0) is 0 Å². The Morgan fingerprint density at radius 3 is 1.82 bits per heavy atom. The second kappa shape index (κ2) is 4.90. The van der Waals surface area contributed by atoms with E-state index >= 15 is 0 Å². The Morgan fingerprint density at radius 2 is 1.47 bits per heavy atom. The Hall–Kier alpha value is -0.0613. The lowest BCUT2D eigenvalue weighted by molar-refractivity contribution is 0.920. The van der Waals surface area contributed by atoms with Gasteiger partial charge >= 0.3 is 0 Å². The van der Waals surface area contributed by atoms with E-state index in [1.165, 1.54) is 17.5 Å². The van der Waals surface area contributed by atoms with Crippen molar-refractivity contribution in [2.75, 3.05) is 0 Å². The van der Waals surface area contributed by atoms with E-state index in [-0.39, 0.29) is 0 Å². The zero-order valence-electron chi connectivity index (χ0n) is 12.9. The van der Waals surface area contributed by atoms with Crippen molar-refractivity contribution < 1.29 is 0 Å². The molecule has 0 radical (unpaired) electrons. The second-order valence-corrected chi connectivity index (χ2v) is 17.5. The maximum Gasteiger partial charge on any atom is 0.240 e. The fourth-order valence-corrected chi connectivity index (χ4v) is 13.7. The fraction of sp³-hybridized carbons (Fsp3) is 0.692. The van der Waals surface area contributed by atoms with E-state index in [0.717, 1.165) is 0 Å². The lowest BCUT2D eigenvalue weighted by atomic mass is 9.55. The first-order valence-electron chi connectivity index (χ1n) is 6.67. The number of nitrogens with zero attached hydrogens (tertiary/aromatic N) is 1. The van der Waals surface area contributed by atoms with Crippen molar-refractivity contribution in [3.05, 3.63) is 23.2 Å². The molecule has 0 atom stereocenters. The summed E-state index contributed by atoms with van der Waals surface area (Å²) < 4.78 is 2.92. The third-order valence-corrected chi connectivity index (χ3v) is 10.8. The van der Waals surface area contributed by atoms with Crippen LogP contribution in [0.4, 0.5) is 0 Å². The number of hydrogen-bond acceptors (Lipinski definition) is 1. The molecule has 0 aromatic heterocycles. The van der Waals surface area contributed by atoms with E-state index in [1.54, 1.807) is 0 Å². The molecule has 0 aromatic carbocycles. The maximum absolute atomic E-state index is 2.92. The van der Waals surface area contributed by atoms with Crippen molar-refractivity contribution >= 4 is 23.3 Å². The SMILES string of the molecule is CC1=CB(N([Si](C)(C)C)[Si](C)(C)C)CC(C)=C1. The molecule has 0 aromatic rings. The Kier molecular flexibility index (Phi) is 4.32. The fourth-order valence-electron chi connectivity index (χ4n) is 3.35. The standard InChI is InChI=1S/C13H28BNSi2/c1-12-9-13(2)11-14(10-12)15(16(3,4)5)17(6,7)8/h9-10H,11H2,1-8H3. The van der Waals surface area contributed by atoms with Crippen LogP contribution in [-0.4, -0.2) is 27.5 Å². The number of rotatable bonds is 3. The highest BCUT2D eigenvalue weighted by Gasteiger charge is 2.40. The molecule has 0 spiro atoms. The van der Waals surface area contributed by atoms with E-state index in [4.69, 9.17) is 0 Å². The highest BCUT2D eigenvalue weighted by Crippen LogP contribution is 2.28. The van der Waals surface area contributed by atoms with Gasteiger partial charge in [-0.25, -0.2) is 0 Å². The minimum Gasteiger partial charge on any atom is -0.384 e. The van der Waals surface area contributed by atoms with Gasteiger partial charge in [0, 0.05) is 0 Å². The molecule has 0 bridgehead atoms. The van der Waals surface area contributed by atoms with E-state index < -0.39 is 16.5 Å². The largest absolute Gasteiger partial charge is 0.384 e. The normalized spacial score (nSPS) is 18.3. The van der Waals surface area contributed by atoms with Crippen molar-refractivity contribution in [3.8, 4) is 0 Å². The van der Waals surface area contributed by atoms with Crippen LogP contribution in [0.5, 0.6) is 0 Å². The molecule has 0 N–H and O–H groups in total. The van der Waals surface area contributed by atoms with Crippen LogP contribution in [0, 0.1) is 0 Å². The average molecular weight is 265 g/mol. The molecule has 1 aliphatic rings. The van der Waals surface area contributed by atoms with Crippen molar-refractivity contribution in [3.63, 3.8) is 0 Å². The third kappa shape index (κ3) is 3.97. The smallest absolute Gasteiger partial charge is 0.240 e. The predicted molar refractivity (Wildman–Crippen MR) is 86.6 cm³/mol. The minimum absolute atomic E-state index is 0.651. The molecule has 17 heavy (non-hydrogen) atoms. The van der Waals surface area contributed by atoms with Crippen LogP contribution in [0.2, 0.25) is 45.6 Å². The van der Waals surface area contributed by atoms with E-state index in [9.17, 15) is 0 Å². The third-order valence-electron chi connectivity index (χ3n) is 3.24. The molecule has 0 unspecified atom stereocenters. The molecular weight excluding hydrogens is 237 g/mol. The summed E-state index contributed by atoms with van der Waals surface area (Å²) in [6.45, 7) is 20.1. The van der Waals surface area contributed by atoms with Gasteiger partial charge in [-0.15, -0.1) is 0 Å². The van der Waals surface area contributed by atoms with Crippen molar-refractivity contribution in [2.24, 2.45) is 0 Å². The molecule has 0 fully saturated rings. The molecule has 4 heteroatoms. The summed E-state index contributed by atoms with van der Waals surface area (Å²) in [6, 6.07) is 0. The zero-order valence-corrected chi connectivity index (χ0v) is 14.9. The Labute approximate surface area is 110 Å². The Bertz CT molecular complexity index is 333. The van der Waals surface area contributed by atoms with Crippen LogP contribution in [0.25, 0.3) is 0 Å². The molecule has 0 saturated heterocycles. The van der Waals surface area contributed by atoms with Gasteiger partial charge in [0.2, 0.25) is 6.85 Å². The van der Waals surface area contributed by atoms with Crippen LogP contribution in [0.3, 0.4) is 0 Å². The van der Waals surface area contributed by atoms with Crippen molar-refractivity contribution in [1.29, 1.82) is 0 Å². The highest BCUT2D eigenvalue weighted by atomic mass is 28.4. The van der Waals surface area contributed by atoms with Crippen LogP contribution in [0.1, 0.15) is 13.8 Å². The number of hydrogen-bond donors (Lipinski definition) is 0. The summed E-state index contributed by atoms with van der Waals surface area (Å²) in [5, 5.41) is 0. The monoisotopic (exact) mass is 265 g/mol. The molecular formula is C13H28BNSi2. The molecule has 1 rings (SSSR count). The molecule has 1 heterocycles. The summed E-state index contributed by atoms with van der Waals surface area (Å²) in [5.74, 6) is 2.49. The summed E-state index contributed by atoms with van der Waals surface area (Å²) >= 11 is 0. The van der Waals surface area contributed by atoms with E-state index in [2.05, 4.69) is 69.3 Å². The molecule has 1 aliphatic heterocycles. The first-order chi connectivity index (χ1) is 7.51. The van der Waals surface area contributed by atoms with Gasteiger partial charge in [-0.1, -0.05) is 62.5 Å². The molecule has 0 aliphatic carbocycles. The van der Waals surface area contributed by atoms with Gasteiger partial charge in [0.05, 0.1) is 0 Å². The first-order valence-corrected chi connectivity index (χ1v) is 13.6. The summed E-state index contributed by atoms with van der Waals surface area (Å²) in [5.41, 5.74) is 2.98. The summed E-state index contributed by atoms with van der Waals surface area (Å²) in [6.07, 6.45) is 3.56. The summed E-state index contributed by atoms with van der Waals surface area (Å²) in [7, 11) is -2.49. The highest BCUT2D eigenvalue weighted by molar-refractivity contribution is 7.00. The number of allylic oxidation sites excluding steroid dienone is 3. The van der Waals surface area contributed by atoms with Gasteiger partial charge in [0.15, 0.2) is 0 Å². The maximum atomic E-state index is 2.92. The van der Waals surface area contributed by atoms with Crippen LogP contribution >= 0.6 is 0 Å². The topological polar surface area (TPSA) is 3.24 Å². The molecule has 96 valence electrons. The minimum atomic E-state index is -1.25. The summed E-state index contributed by atoms with van der Waals surface area (Å²) in [4.78, 5) is 0. The van der Waals surface area contributed by atoms with E-state index in [0.29, 0.717) is 6.85 Å².